The lowest BCUT2D eigenvalue weighted by molar-refractivity contribution is 0.0204. The summed E-state index contributed by atoms with van der Waals surface area (Å²) in [7, 11) is 0. The van der Waals surface area contributed by atoms with E-state index in [2.05, 4.69) is 34.6 Å². The first kappa shape index (κ1) is 10.1. The fourth-order valence-corrected chi connectivity index (χ4v) is 2.81. The minimum atomic E-state index is 0.872. The zero-order valence-corrected chi connectivity index (χ0v) is 9.30. The SMILES string of the molecule is CCC1C(C)CC1C(C)C(C)C. The van der Waals surface area contributed by atoms with Crippen molar-refractivity contribution >= 4 is 0 Å². The maximum Gasteiger partial charge on any atom is -0.0353 e. The van der Waals surface area contributed by atoms with Crippen LogP contribution in [0.2, 0.25) is 0 Å². The van der Waals surface area contributed by atoms with Crippen molar-refractivity contribution in [3.63, 3.8) is 0 Å². The Kier molecular flexibility index (Phi) is 3.20. The van der Waals surface area contributed by atoms with Gasteiger partial charge in [-0.1, -0.05) is 41.0 Å². The van der Waals surface area contributed by atoms with Crippen LogP contribution in [-0.4, -0.2) is 0 Å². The van der Waals surface area contributed by atoms with Gasteiger partial charge in [-0.3, -0.25) is 0 Å². The molecule has 1 fully saturated rings. The second-order valence-electron chi connectivity index (χ2n) is 5.05. The Morgan fingerprint density at radius 2 is 1.83 bits per heavy atom. The van der Waals surface area contributed by atoms with E-state index in [9.17, 15) is 0 Å². The summed E-state index contributed by atoms with van der Waals surface area (Å²) in [5, 5.41) is 0. The van der Waals surface area contributed by atoms with E-state index in [1.807, 2.05) is 0 Å². The van der Waals surface area contributed by atoms with Gasteiger partial charge in [0.25, 0.3) is 0 Å². The summed E-state index contributed by atoms with van der Waals surface area (Å²) in [5.74, 6) is 4.87. The van der Waals surface area contributed by atoms with Crippen molar-refractivity contribution in [2.45, 2.75) is 47.5 Å². The minimum absolute atomic E-state index is 0.872. The molecule has 0 heterocycles. The summed E-state index contributed by atoms with van der Waals surface area (Å²) in [6, 6.07) is 0. The fraction of sp³-hybridized carbons (Fsp3) is 1.00. The highest BCUT2D eigenvalue weighted by atomic mass is 14.4. The van der Waals surface area contributed by atoms with Crippen LogP contribution in [0.25, 0.3) is 0 Å². The third kappa shape index (κ3) is 1.67. The molecule has 0 bridgehead atoms. The molecule has 0 spiro atoms. The highest BCUT2D eigenvalue weighted by molar-refractivity contribution is 4.89. The molecule has 0 aromatic carbocycles. The first-order chi connectivity index (χ1) is 5.57. The molecule has 0 N–H and O–H groups in total. The average Bonchev–Trinajstić information content (AvgIpc) is 1.99. The molecule has 12 heavy (non-hydrogen) atoms. The second kappa shape index (κ2) is 3.81. The van der Waals surface area contributed by atoms with Crippen LogP contribution in [0, 0.1) is 29.6 Å². The van der Waals surface area contributed by atoms with Crippen molar-refractivity contribution in [3.8, 4) is 0 Å². The molecule has 1 aliphatic carbocycles. The molecule has 1 saturated carbocycles. The Labute approximate surface area is 77.7 Å². The predicted molar refractivity (Wildman–Crippen MR) is 55.1 cm³/mol. The maximum atomic E-state index is 2.43. The summed E-state index contributed by atoms with van der Waals surface area (Å²) < 4.78 is 0. The predicted octanol–water partition coefficient (Wildman–Crippen LogP) is 3.96. The highest BCUT2D eigenvalue weighted by Crippen LogP contribution is 2.47. The molecule has 1 rings (SSSR count). The molecular weight excluding hydrogens is 144 g/mol. The molecule has 4 atom stereocenters. The van der Waals surface area contributed by atoms with Crippen molar-refractivity contribution in [2.24, 2.45) is 29.6 Å². The van der Waals surface area contributed by atoms with Gasteiger partial charge in [0.2, 0.25) is 0 Å². The quantitative estimate of drug-likeness (QED) is 0.598. The van der Waals surface area contributed by atoms with Gasteiger partial charge < -0.3 is 0 Å². The molecule has 0 aromatic rings. The maximum absolute atomic E-state index is 2.43. The third-order valence-corrected chi connectivity index (χ3v) is 4.12. The first-order valence-electron chi connectivity index (χ1n) is 5.57. The van der Waals surface area contributed by atoms with E-state index < -0.39 is 0 Å². The minimum Gasteiger partial charge on any atom is -0.0651 e. The van der Waals surface area contributed by atoms with E-state index in [-0.39, 0.29) is 0 Å². The van der Waals surface area contributed by atoms with Gasteiger partial charge in [0.1, 0.15) is 0 Å². The van der Waals surface area contributed by atoms with E-state index in [4.69, 9.17) is 0 Å². The standard InChI is InChI=1S/C12H24/c1-6-11-9(4)7-12(11)10(5)8(2)3/h8-12H,6-7H2,1-5H3. The van der Waals surface area contributed by atoms with Gasteiger partial charge in [-0.25, -0.2) is 0 Å². The van der Waals surface area contributed by atoms with Gasteiger partial charge in [0, 0.05) is 0 Å². The molecule has 0 nitrogen and oxygen atoms in total. The largest absolute Gasteiger partial charge is 0.0651 e. The Morgan fingerprint density at radius 1 is 1.25 bits per heavy atom. The van der Waals surface area contributed by atoms with Gasteiger partial charge in [0.05, 0.1) is 0 Å². The van der Waals surface area contributed by atoms with Gasteiger partial charge in [0.15, 0.2) is 0 Å². The van der Waals surface area contributed by atoms with Gasteiger partial charge in [-0.15, -0.1) is 0 Å². The number of rotatable bonds is 3. The van der Waals surface area contributed by atoms with Crippen molar-refractivity contribution in [3.05, 3.63) is 0 Å². The lowest BCUT2D eigenvalue weighted by atomic mass is 9.58. The van der Waals surface area contributed by atoms with Crippen LogP contribution in [-0.2, 0) is 0 Å². The average molecular weight is 168 g/mol. The lowest BCUT2D eigenvalue weighted by Gasteiger charge is -2.47. The summed E-state index contributed by atoms with van der Waals surface area (Å²) >= 11 is 0. The van der Waals surface area contributed by atoms with E-state index in [0.29, 0.717) is 0 Å². The monoisotopic (exact) mass is 168 g/mol. The zero-order valence-electron chi connectivity index (χ0n) is 9.30. The number of hydrogen-bond donors (Lipinski definition) is 0. The molecular formula is C12H24. The Balaban J connectivity index is 2.44. The van der Waals surface area contributed by atoms with Gasteiger partial charge in [-0.05, 0) is 36.0 Å². The lowest BCUT2D eigenvalue weighted by Crippen LogP contribution is -2.40. The van der Waals surface area contributed by atoms with E-state index >= 15 is 0 Å². The molecule has 0 aromatic heterocycles. The van der Waals surface area contributed by atoms with Crippen molar-refractivity contribution in [1.29, 1.82) is 0 Å². The van der Waals surface area contributed by atoms with Crippen LogP contribution in [0.1, 0.15) is 47.5 Å². The molecule has 0 saturated heterocycles. The molecule has 4 unspecified atom stereocenters. The Bertz CT molecular complexity index is 130. The number of hydrogen-bond acceptors (Lipinski definition) is 0. The van der Waals surface area contributed by atoms with Crippen molar-refractivity contribution < 1.29 is 0 Å². The van der Waals surface area contributed by atoms with Gasteiger partial charge >= 0.3 is 0 Å². The van der Waals surface area contributed by atoms with E-state index in [0.717, 1.165) is 29.6 Å². The van der Waals surface area contributed by atoms with Crippen LogP contribution in [0.4, 0.5) is 0 Å². The normalized spacial score (nSPS) is 38.0. The zero-order chi connectivity index (χ0) is 9.30. The van der Waals surface area contributed by atoms with Crippen LogP contribution in [0.15, 0.2) is 0 Å². The van der Waals surface area contributed by atoms with E-state index in [1.165, 1.54) is 12.8 Å². The first-order valence-corrected chi connectivity index (χ1v) is 5.57. The third-order valence-electron chi connectivity index (χ3n) is 4.12. The van der Waals surface area contributed by atoms with Crippen LogP contribution < -0.4 is 0 Å². The molecule has 1 aliphatic rings. The summed E-state index contributed by atoms with van der Waals surface area (Å²) in [5.41, 5.74) is 0. The van der Waals surface area contributed by atoms with Crippen molar-refractivity contribution in [2.75, 3.05) is 0 Å². The topological polar surface area (TPSA) is 0 Å². The smallest absolute Gasteiger partial charge is 0.0353 e. The van der Waals surface area contributed by atoms with Crippen LogP contribution >= 0.6 is 0 Å². The molecule has 0 amide bonds. The van der Waals surface area contributed by atoms with Crippen molar-refractivity contribution in [1.82, 2.24) is 0 Å². The van der Waals surface area contributed by atoms with Gasteiger partial charge in [-0.2, -0.15) is 0 Å². The fourth-order valence-electron chi connectivity index (χ4n) is 2.81. The summed E-state index contributed by atoms with van der Waals surface area (Å²) in [6.45, 7) is 11.9. The Morgan fingerprint density at radius 3 is 2.17 bits per heavy atom. The Hall–Kier alpha value is 0. The summed E-state index contributed by atoms with van der Waals surface area (Å²) in [6.07, 6.45) is 2.88. The summed E-state index contributed by atoms with van der Waals surface area (Å²) in [4.78, 5) is 0. The van der Waals surface area contributed by atoms with E-state index in [1.54, 1.807) is 0 Å². The molecule has 0 aliphatic heterocycles. The van der Waals surface area contributed by atoms with Crippen LogP contribution in [0.3, 0.4) is 0 Å². The molecule has 72 valence electrons. The highest BCUT2D eigenvalue weighted by Gasteiger charge is 2.40. The van der Waals surface area contributed by atoms with Crippen LogP contribution in [0.5, 0.6) is 0 Å². The molecule has 0 heteroatoms. The second-order valence-corrected chi connectivity index (χ2v) is 5.05. The molecule has 0 radical (unpaired) electrons.